The van der Waals surface area contributed by atoms with Crippen molar-refractivity contribution >= 4 is 22.9 Å². The molecular weight excluding hydrogens is 156 g/mol. The van der Waals surface area contributed by atoms with Crippen LogP contribution < -0.4 is 0 Å². The fourth-order valence-electron chi connectivity index (χ4n) is 0.363. The van der Waals surface area contributed by atoms with Crippen molar-refractivity contribution in [2.75, 3.05) is 0 Å². The average molecular weight is 159 g/mol. The first-order chi connectivity index (χ1) is 4.33. The van der Waals surface area contributed by atoms with Gasteiger partial charge in [-0.2, -0.15) is 0 Å². The molecule has 0 amide bonds. The number of nitrogens with zero attached hydrogens (tertiary/aromatic N) is 2. The topological polar surface area (TPSA) is 25.8 Å². The molecule has 0 saturated heterocycles. The van der Waals surface area contributed by atoms with Gasteiger partial charge in [0.1, 0.15) is 0 Å². The summed E-state index contributed by atoms with van der Waals surface area (Å²) < 4.78 is 0.438. The molecule has 0 aliphatic heterocycles. The van der Waals surface area contributed by atoms with Crippen LogP contribution in [-0.4, -0.2) is 10.2 Å². The lowest BCUT2D eigenvalue weighted by molar-refractivity contribution is 1.08. The molecule has 0 unspecified atom stereocenters. The second kappa shape index (κ2) is 2.81. The number of rotatable bonds is 0. The van der Waals surface area contributed by atoms with Crippen molar-refractivity contribution in [1.29, 1.82) is 0 Å². The van der Waals surface area contributed by atoms with E-state index >= 15 is 0 Å². The summed E-state index contributed by atoms with van der Waals surface area (Å²) in [6, 6.07) is 0. The fourth-order valence-corrected chi connectivity index (χ4v) is 1.10. The summed E-state index contributed by atoms with van der Waals surface area (Å²) in [5, 5.41) is 7.90. The van der Waals surface area contributed by atoms with Crippen LogP contribution in [0, 0.1) is 11.8 Å². The Hall–Kier alpha value is -0.590. The van der Waals surface area contributed by atoms with Gasteiger partial charge in [0.15, 0.2) is 5.01 Å². The van der Waals surface area contributed by atoms with Gasteiger partial charge in [-0.15, -0.1) is 10.2 Å². The monoisotopic (exact) mass is 158 g/mol. The maximum atomic E-state index is 5.47. The fraction of sp³-hybridized carbons (Fsp3) is 0.200. The molecule has 0 spiro atoms. The van der Waals surface area contributed by atoms with E-state index in [2.05, 4.69) is 22.0 Å². The van der Waals surface area contributed by atoms with E-state index in [-0.39, 0.29) is 0 Å². The molecule has 1 aromatic rings. The Kier molecular flexibility index (Phi) is 2.04. The van der Waals surface area contributed by atoms with Crippen LogP contribution >= 0.6 is 22.9 Å². The second-order valence-corrected chi connectivity index (χ2v) is 2.79. The molecule has 0 saturated carbocycles. The molecular formula is C5H3ClN2S. The maximum Gasteiger partial charge on any atom is 0.208 e. The van der Waals surface area contributed by atoms with Gasteiger partial charge < -0.3 is 0 Å². The normalized spacial score (nSPS) is 8.22. The largest absolute Gasteiger partial charge is 0.208 e. The van der Waals surface area contributed by atoms with Gasteiger partial charge in [-0.3, -0.25) is 0 Å². The summed E-state index contributed by atoms with van der Waals surface area (Å²) in [6.45, 7) is 1.75. The summed E-state index contributed by atoms with van der Waals surface area (Å²) in [5.74, 6) is 5.44. The molecule has 0 aromatic carbocycles. The van der Waals surface area contributed by atoms with E-state index in [9.17, 15) is 0 Å². The van der Waals surface area contributed by atoms with Crippen molar-refractivity contribution in [2.45, 2.75) is 6.92 Å². The van der Waals surface area contributed by atoms with E-state index in [0.717, 1.165) is 0 Å². The molecule has 0 fully saturated rings. The van der Waals surface area contributed by atoms with Crippen LogP contribution in [0.25, 0.3) is 0 Å². The minimum atomic E-state index is 0.438. The van der Waals surface area contributed by atoms with Crippen LogP contribution in [0.2, 0.25) is 4.47 Å². The SMILES string of the molecule is CC#Cc1nnc(Cl)s1. The zero-order valence-corrected chi connectivity index (χ0v) is 6.25. The first kappa shape index (κ1) is 6.53. The molecule has 1 aromatic heterocycles. The third-order valence-corrected chi connectivity index (χ3v) is 1.57. The highest BCUT2D eigenvalue weighted by Crippen LogP contribution is 2.12. The average Bonchev–Trinajstić information content (AvgIpc) is 2.17. The van der Waals surface area contributed by atoms with E-state index in [1.807, 2.05) is 0 Å². The second-order valence-electron chi connectivity index (χ2n) is 1.24. The van der Waals surface area contributed by atoms with Crippen LogP contribution in [0.1, 0.15) is 11.9 Å². The summed E-state index contributed by atoms with van der Waals surface area (Å²) in [5.41, 5.74) is 0. The minimum Gasteiger partial charge on any atom is -0.128 e. The molecule has 9 heavy (non-hydrogen) atoms. The zero-order chi connectivity index (χ0) is 6.69. The molecule has 0 aliphatic rings. The van der Waals surface area contributed by atoms with E-state index in [0.29, 0.717) is 9.47 Å². The quantitative estimate of drug-likeness (QED) is 0.536. The molecule has 0 bridgehead atoms. The lowest BCUT2D eigenvalue weighted by Gasteiger charge is -1.66. The van der Waals surface area contributed by atoms with Crippen LogP contribution in [-0.2, 0) is 0 Å². The van der Waals surface area contributed by atoms with Gasteiger partial charge >= 0.3 is 0 Å². The summed E-state index contributed by atoms with van der Waals surface area (Å²) in [6.07, 6.45) is 0. The molecule has 0 radical (unpaired) electrons. The number of hydrogen-bond acceptors (Lipinski definition) is 3. The molecule has 4 heteroatoms. The standard InChI is InChI=1S/C5H3ClN2S/c1-2-3-4-7-8-5(6)9-4/h1H3. The van der Waals surface area contributed by atoms with Crippen molar-refractivity contribution in [3.63, 3.8) is 0 Å². The zero-order valence-electron chi connectivity index (χ0n) is 4.68. The van der Waals surface area contributed by atoms with Gasteiger partial charge in [-0.05, 0) is 24.4 Å². The minimum absolute atomic E-state index is 0.438. The Morgan fingerprint density at radius 3 is 2.78 bits per heavy atom. The molecule has 0 atom stereocenters. The first-order valence-corrected chi connectivity index (χ1v) is 3.44. The van der Waals surface area contributed by atoms with Crippen LogP contribution in [0.3, 0.4) is 0 Å². The van der Waals surface area contributed by atoms with Gasteiger partial charge in [0.2, 0.25) is 4.47 Å². The van der Waals surface area contributed by atoms with Crippen molar-refractivity contribution in [2.24, 2.45) is 0 Å². The highest BCUT2D eigenvalue weighted by Gasteiger charge is 1.94. The smallest absolute Gasteiger partial charge is 0.128 e. The van der Waals surface area contributed by atoms with Crippen LogP contribution in [0.4, 0.5) is 0 Å². The summed E-state index contributed by atoms with van der Waals surface area (Å²) in [4.78, 5) is 0. The Morgan fingerprint density at radius 1 is 1.56 bits per heavy atom. The summed E-state index contributed by atoms with van der Waals surface area (Å²) >= 11 is 6.76. The van der Waals surface area contributed by atoms with Crippen molar-refractivity contribution in [3.8, 4) is 11.8 Å². The maximum absolute atomic E-state index is 5.47. The lowest BCUT2D eigenvalue weighted by atomic mass is 10.6. The number of halogens is 1. The van der Waals surface area contributed by atoms with Crippen LogP contribution in [0.5, 0.6) is 0 Å². The third kappa shape index (κ3) is 1.67. The van der Waals surface area contributed by atoms with Gasteiger partial charge in [-0.25, -0.2) is 0 Å². The Bertz CT molecular complexity index is 257. The van der Waals surface area contributed by atoms with E-state index in [1.165, 1.54) is 11.3 Å². The molecule has 2 nitrogen and oxygen atoms in total. The molecule has 0 aliphatic carbocycles. The number of hydrogen-bond donors (Lipinski definition) is 0. The van der Waals surface area contributed by atoms with E-state index in [4.69, 9.17) is 11.6 Å². The molecule has 0 N–H and O–H groups in total. The summed E-state index contributed by atoms with van der Waals surface area (Å²) in [7, 11) is 0. The highest BCUT2D eigenvalue weighted by molar-refractivity contribution is 7.15. The Labute approximate surface area is 61.9 Å². The number of aromatic nitrogens is 2. The third-order valence-electron chi connectivity index (χ3n) is 0.632. The molecule has 46 valence electrons. The van der Waals surface area contributed by atoms with Gasteiger partial charge in [0.05, 0.1) is 0 Å². The van der Waals surface area contributed by atoms with Crippen molar-refractivity contribution in [1.82, 2.24) is 10.2 Å². The van der Waals surface area contributed by atoms with Crippen molar-refractivity contribution < 1.29 is 0 Å². The lowest BCUT2D eigenvalue weighted by Crippen LogP contribution is -1.69. The predicted molar refractivity (Wildman–Crippen MR) is 37.5 cm³/mol. The predicted octanol–water partition coefficient (Wildman–Crippen LogP) is 1.56. The highest BCUT2D eigenvalue weighted by atomic mass is 35.5. The van der Waals surface area contributed by atoms with Gasteiger partial charge in [0, 0.05) is 0 Å². The Balaban J connectivity index is 2.93. The van der Waals surface area contributed by atoms with Crippen LogP contribution in [0.15, 0.2) is 0 Å². The van der Waals surface area contributed by atoms with E-state index < -0.39 is 0 Å². The molecule has 1 heterocycles. The Morgan fingerprint density at radius 2 is 2.33 bits per heavy atom. The molecule has 1 rings (SSSR count). The van der Waals surface area contributed by atoms with Gasteiger partial charge in [-0.1, -0.05) is 17.3 Å². The van der Waals surface area contributed by atoms with Gasteiger partial charge in [0.25, 0.3) is 0 Å². The first-order valence-electron chi connectivity index (χ1n) is 2.24. The van der Waals surface area contributed by atoms with Crippen molar-refractivity contribution in [3.05, 3.63) is 9.47 Å². The van der Waals surface area contributed by atoms with E-state index in [1.54, 1.807) is 6.92 Å².